The van der Waals surface area contributed by atoms with E-state index in [1.807, 2.05) is 73.0 Å². The Kier molecular flexibility index (Phi) is 4.95. The molecule has 0 atom stereocenters. The molecule has 0 aliphatic rings. The molecule has 2 aromatic carbocycles. The van der Waals surface area contributed by atoms with E-state index in [4.69, 9.17) is 4.74 Å². The van der Waals surface area contributed by atoms with Gasteiger partial charge in [0, 0.05) is 10.9 Å². The van der Waals surface area contributed by atoms with Crippen molar-refractivity contribution in [2.24, 2.45) is 0 Å². The summed E-state index contributed by atoms with van der Waals surface area (Å²) in [5.74, 6) is 0.466. The maximum atomic E-state index is 12.7. The molecule has 2 heterocycles. The molecule has 4 rings (SSSR count). The molecule has 0 spiro atoms. The van der Waals surface area contributed by atoms with Gasteiger partial charge in [0.15, 0.2) is 0 Å². The number of benzene rings is 2. The largest absolute Gasteiger partial charge is 0.495 e. The molecule has 6 heteroatoms. The summed E-state index contributed by atoms with van der Waals surface area (Å²) in [5, 5.41) is 13.4. The molecule has 140 valence electrons. The highest BCUT2D eigenvalue weighted by atomic mass is 32.1. The Hall–Kier alpha value is -3.38. The van der Waals surface area contributed by atoms with E-state index >= 15 is 0 Å². The Morgan fingerprint density at radius 2 is 2.00 bits per heavy atom. The molecular weight excluding hydrogens is 370 g/mol. The van der Waals surface area contributed by atoms with Crippen LogP contribution in [0.4, 0.5) is 5.69 Å². The SMILES string of the molecule is COc1cccc(C=Cc2n[nH]c3ccccc23)c1NC(=O)c1sccc1C. The summed E-state index contributed by atoms with van der Waals surface area (Å²) in [6.07, 6.45) is 3.86. The first-order valence-electron chi connectivity index (χ1n) is 8.81. The van der Waals surface area contributed by atoms with Crippen molar-refractivity contribution in [3.63, 3.8) is 0 Å². The first-order chi connectivity index (χ1) is 13.7. The number of carbonyl (C=O) groups is 1. The molecule has 0 fully saturated rings. The minimum Gasteiger partial charge on any atom is -0.495 e. The molecule has 28 heavy (non-hydrogen) atoms. The summed E-state index contributed by atoms with van der Waals surface area (Å²) < 4.78 is 5.47. The van der Waals surface area contributed by atoms with Gasteiger partial charge in [-0.25, -0.2) is 0 Å². The van der Waals surface area contributed by atoms with Crippen molar-refractivity contribution in [3.8, 4) is 5.75 Å². The lowest BCUT2D eigenvalue weighted by Gasteiger charge is -2.13. The van der Waals surface area contributed by atoms with Crippen LogP contribution in [0.1, 0.15) is 26.5 Å². The van der Waals surface area contributed by atoms with Gasteiger partial charge in [-0.15, -0.1) is 11.3 Å². The molecule has 0 saturated heterocycles. The van der Waals surface area contributed by atoms with Gasteiger partial charge in [-0.2, -0.15) is 5.10 Å². The van der Waals surface area contributed by atoms with Crippen LogP contribution in [0.5, 0.6) is 5.75 Å². The van der Waals surface area contributed by atoms with Crippen LogP contribution in [-0.4, -0.2) is 23.2 Å². The fourth-order valence-electron chi connectivity index (χ4n) is 3.05. The van der Waals surface area contributed by atoms with Crippen LogP contribution in [-0.2, 0) is 0 Å². The number of para-hydroxylation sites is 2. The highest BCUT2D eigenvalue weighted by Crippen LogP contribution is 2.31. The first-order valence-corrected chi connectivity index (χ1v) is 9.69. The van der Waals surface area contributed by atoms with Gasteiger partial charge in [0.1, 0.15) is 5.75 Å². The van der Waals surface area contributed by atoms with Crippen LogP contribution >= 0.6 is 11.3 Å². The number of aromatic nitrogens is 2. The normalized spacial score (nSPS) is 11.2. The van der Waals surface area contributed by atoms with Gasteiger partial charge in [0.2, 0.25) is 0 Å². The maximum absolute atomic E-state index is 12.7. The summed E-state index contributed by atoms with van der Waals surface area (Å²) in [6.45, 7) is 1.93. The molecule has 0 unspecified atom stereocenters. The van der Waals surface area contributed by atoms with Gasteiger partial charge >= 0.3 is 0 Å². The molecule has 2 N–H and O–H groups in total. The molecule has 0 aliphatic carbocycles. The monoisotopic (exact) mass is 389 g/mol. The van der Waals surface area contributed by atoms with Crippen LogP contribution < -0.4 is 10.1 Å². The van der Waals surface area contributed by atoms with Crippen molar-refractivity contribution < 1.29 is 9.53 Å². The zero-order chi connectivity index (χ0) is 19.5. The minimum absolute atomic E-state index is 0.142. The second-order valence-electron chi connectivity index (χ2n) is 6.30. The highest BCUT2D eigenvalue weighted by Gasteiger charge is 2.15. The van der Waals surface area contributed by atoms with Crippen molar-refractivity contribution in [1.29, 1.82) is 0 Å². The van der Waals surface area contributed by atoms with Gasteiger partial charge in [0.25, 0.3) is 5.91 Å². The van der Waals surface area contributed by atoms with Crippen molar-refractivity contribution in [2.45, 2.75) is 6.92 Å². The molecule has 0 aliphatic heterocycles. The number of aromatic amines is 1. The number of anilines is 1. The number of nitrogens with zero attached hydrogens (tertiary/aromatic N) is 1. The number of hydrogen-bond donors (Lipinski definition) is 2. The Balaban J connectivity index is 1.69. The van der Waals surface area contributed by atoms with E-state index in [0.717, 1.165) is 27.7 Å². The van der Waals surface area contributed by atoms with Crippen LogP contribution in [0.15, 0.2) is 53.9 Å². The molecule has 4 aromatic rings. The van der Waals surface area contributed by atoms with Gasteiger partial charge in [-0.1, -0.05) is 36.4 Å². The number of aryl methyl sites for hydroxylation is 1. The molecule has 2 aromatic heterocycles. The summed E-state index contributed by atoms with van der Waals surface area (Å²) in [7, 11) is 1.59. The summed E-state index contributed by atoms with van der Waals surface area (Å²) in [5.41, 5.74) is 4.25. The number of carbonyl (C=O) groups excluding carboxylic acids is 1. The molecule has 0 saturated carbocycles. The zero-order valence-electron chi connectivity index (χ0n) is 15.5. The number of methoxy groups -OCH3 is 1. The van der Waals surface area contributed by atoms with Crippen molar-refractivity contribution in [3.05, 3.63) is 75.6 Å². The van der Waals surface area contributed by atoms with Gasteiger partial charge in [-0.3, -0.25) is 9.89 Å². The van der Waals surface area contributed by atoms with Crippen molar-refractivity contribution >= 4 is 46.0 Å². The smallest absolute Gasteiger partial charge is 0.266 e. The molecule has 0 radical (unpaired) electrons. The summed E-state index contributed by atoms with van der Waals surface area (Å²) in [4.78, 5) is 13.4. The summed E-state index contributed by atoms with van der Waals surface area (Å²) >= 11 is 1.42. The third-order valence-corrected chi connectivity index (χ3v) is 5.52. The van der Waals surface area contributed by atoms with Crippen LogP contribution in [0.2, 0.25) is 0 Å². The fraction of sp³-hybridized carbons (Fsp3) is 0.0909. The third-order valence-electron chi connectivity index (χ3n) is 4.51. The average molecular weight is 389 g/mol. The van der Waals surface area contributed by atoms with Gasteiger partial charge in [-0.05, 0) is 42.1 Å². The lowest BCUT2D eigenvalue weighted by Crippen LogP contribution is -2.13. The zero-order valence-corrected chi connectivity index (χ0v) is 16.3. The summed E-state index contributed by atoms with van der Waals surface area (Å²) in [6, 6.07) is 15.6. The van der Waals surface area contributed by atoms with E-state index < -0.39 is 0 Å². The van der Waals surface area contributed by atoms with Gasteiger partial charge < -0.3 is 10.1 Å². The molecule has 5 nitrogen and oxygen atoms in total. The molecular formula is C22H19N3O2S. The Morgan fingerprint density at radius 3 is 2.79 bits per heavy atom. The Labute approximate surface area is 166 Å². The van der Waals surface area contributed by atoms with Crippen molar-refractivity contribution in [2.75, 3.05) is 12.4 Å². The number of rotatable bonds is 5. The Morgan fingerprint density at radius 1 is 1.14 bits per heavy atom. The van der Waals surface area contributed by atoms with Crippen molar-refractivity contribution in [1.82, 2.24) is 10.2 Å². The van der Waals surface area contributed by atoms with Gasteiger partial charge in [0.05, 0.1) is 28.9 Å². The second kappa shape index (κ2) is 7.70. The van der Waals surface area contributed by atoms with E-state index in [1.165, 1.54) is 11.3 Å². The third kappa shape index (κ3) is 3.42. The minimum atomic E-state index is -0.142. The van der Waals surface area contributed by atoms with E-state index in [2.05, 4.69) is 15.5 Å². The number of amides is 1. The highest BCUT2D eigenvalue weighted by molar-refractivity contribution is 7.12. The maximum Gasteiger partial charge on any atom is 0.266 e. The number of H-pyrrole nitrogens is 1. The van der Waals surface area contributed by atoms with E-state index in [-0.39, 0.29) is 5.91 Å². The standard InChI is InChI=1S/C22H19N3O2S/c1-14-12-13-28-21(14)22(26)23-20-15(6-5-9-19(20)27-2)10-11-18-16-7-3-4-8-17(16)24-25-18/h3-13H,1-2H3,(H,23,26)(H,24,25). The van der Waals surface area contributed by atoms with E-state index in [1.54, 1.807) is 7.11 Å². The number of thiophene rings is 1. The number of fused-ring (bicyclic) bond motifs is 1. The number of nitrogens with one attached hydrogen (secondary N) is 2. The predicted molar refractivity (Wildman–Crippen MR) is 115 cm³/mol. The predicted octanol–water partition coefficient (Wildman–Crippen LogP) is 5.36. The van der Waals surface area contributed by atoms with E-state index in [0.29, 0.717) is 16.3 Å². The molecule has 0 bridgehead atoms. The Bertz CT molecular complexity index is 1170. The lowest BCUT2D eigenvalue weighted by molar-refractivity contribution is 0.102. The number of ether oxygens (including phenoxy) is 1. The number of hydrogen-bond acceptors (Lipinski definition) is 4. The van der Waals surface area contributed by atoms with E-state index in [9.17, 15) is 4.79 Å². The average Bonchev–Trinajstić information content (AvgIpc) is 3.33. The van der Waals surface area contributed by atoms with Crippen LogP contribution in [0.3, 0.4) is 0 Å². The first kappa shape index (κ1) is 18.0. The fourth-order valence-corrected chi connectivity index (χ4v) is 3.87. The topological polar surface area (TPSA) is 67.0 Å². The molecule has 1 amide bonds. The second-order valence-corrected chi connectivity index (χ2v) is 7.22. The van der Waals surface area contributed by atoms with Crippen LogP contribution in [0, 0.1) is 6.92 Å². The van der Waals surface area contributed by atoms with Crippen LogP contribution in [0.25, 0.3) is 23.1 Å². The quantitative estimate of drug-likeness (QED) is 0.483. The lowest BCUT2D eigenvalue weighted by atomic mass is 10.1.